The van der Waals surface area contributed by atoms with Crippen LogP contribution in [-0.4, -0.2) is 30.4 Å². The van der Waals surface area contributed by atoms with Crippen molar-refractivity contribution < 1.29 is 14.5 Å². The number of nitrogens with zero attached hydrogens (tertiary/aromatic N) is 5. The maximum atomic E-state index is 12.8. The molecule has 2 heterocycles. The van der Waals surface area contributed by atoms with Crippen molar-refractivity contribution in [3.63, 3.8) is 0 Å². The fraction of sp³-hybridized carbons (Fsp3) is 0.136. The molecular weight excluding hydrogens is 519 g/mol. The number of carbonyl (C=O) groups is 1. The largest absolute Gasteiger partial charge is 0.455 e. The van der Waals surface area contributed by atoms with Gasteiger partial charge >= 0.3 is 0 Å². The number of anilines is 1. The second kappa shape index (κ2) is 9.95. The Hall–Kier alpha value is -3.60. The molecule has 1 amide bonds. The monoisotopic (exact) mass is 534 g/mol. The summed E-state index contributed by atoms with van der Waals surface area (Å²) < 4.78 is 8.88. The third kappa shape index (κ3) is 5.56. The number of nitro groups is 1. The lowest BCUT2D eigenvalue weighted by Gasteiger charge is -2.10. The summed E-state index contributed by atoms with van der Waals surface area (Å²) in [6.45, 7) is 3.88. The molecular formula is C22H17Cl3N6O4. The Labute approximate surface area is 214 Å². The number of aryl methyl sites for hydroxylation is 1. The molecule has 0 aliphatic heterocycles. The highest BCUT2D eigenvalue weighted by Crippen LogP contribution is 2.34. The summed E-state index contributed by atoms with van der Waals surface area (Å²) in [5.41, 5.74) is 1.43. The van der Waals surface area contributed by atoms with E-state index in [2.05, 4.69) is 15.5 Å². The molecule has 35 heavy (non-hydrogen) atoms. The van der Waals surface area contributed by atoms with Gasteiger partial charge in [-0.2, -0.15) is 10.2 Å². The van der Waals surface area contributed by atoms with Crippen molar-refractivity contribution in [3.8, 4) is 11.5 Å². The number of nitrogens with one attached hydrogen (secondary N) is 1. The number of amides is 1. The van der Waals surface area contributed by atoms with Gasteiger partial charge in [0.05, 0.1) is 38.1 Å². The van der Waals surface area contributed by atoms with E-state index >= 15 is 0 Å². The van der Waals surface area contributed by atoms with Crippen LogP contribution in [0, 0.1) is 24.0 Å². The first-order valence-corrected chi connectivity index (χ1v) is 11.2. The molecule has 0 atom stereocenters. The van der Waals surface area contributed by atoms with Crippen LogP contribution in [0.25, 0.3) is 0 Å². The minimum atomic E-state index is -0.597. The Kier molecular flexibility index (Phi) is 6.97. The SMILES string of the molecule is Cc1nn(Cn2ccc(C(=O)Nc3cc(Oc4ccc(Cl)cc4Cl)cc([N+](=O)[O-])c3)n2)c(C)c1Cl. The molecule has 0 aliphatic rings. The molecule has 13 heteroatoms. The second-order valence-corrected chi connectivity index (χ2v) is 8.69. The van der Waals surface area contributed by atoms with Gasteiger partial charge in [0, 0.05) is 23.4 Å². The highest BCUT2D eigenvalue weighted by molar-refractivity contribution is 6.35. The first kappa shape index (κ1) is 24.5. The van der Waals surface area contributed by atoms with Gasteiger partial charge in [-0.3, -0.25) is 19.6 Å². The normalized spacial score (nSPS) is 10.9. The number of carbonyl (C=O) groups excluding carboxylic acids is 1. The maximum absolute atomic E-state index is 12.8. The average molecular weight is 536 g/mol. The van der Waals surface area contributed by atoms with E-state index < -0.39 is 10.8 Å². The molecule has 0 spiro atoms. The van der Waals surface area contributed by atoms with Crippen LogP contribution in [0.4, 0.5) is 11.4 Å². The Morgan fingerprint density at radius 3 is 2.54 bits per heavy atom. The van der Waals surface area contributed by atoms with Gasteiger partial charge in [0.15, 0.2) is 5.69 Å². The van der Waals surface area contributed by atoms with Crippen LogP contribution in [-0.2, 0) is 6.67 Å². The molecule has 10 nitrogen and oxygen atoms in total. The van der Waals surface area contributed by atoms with E-state index in [-0.39, 0.29) is 40.3 Å². The molecule has 180 valence electrons. The van der Waals surface area contributed by atoms with Gasteiger partial charge in [0.25, 0.3) is 11.6 Å². The summed E-state index contributed by atoms with van der Waals surface area (Å²) >= 11 is 18.2. The van der Waals surface area contributed by atoms with Gasteiger partial charge in [0.1, 0.15) is 18.2 Å². The molecule has 0 bridgehead atoms. The van der Waals surface area contributed by atoms with Crippen molar-refractivity contribution in [2.24, 2.45) is 0 Å². The summed E-state index contributed by atoms with van der Waals surface area (Å²) in [5, 5.41) is 23.8. The van der Waals surface area contributed by atoms with Crippen molar-refractivity contribution >= 4 is 52.1 Å². The van der Waals surface area contributed by atoms with Gasteiger partial charge in [-0.05, 0) is 38.1 Å². The average Bonchev–Trinajstić information content (AvgIpc) is 3.36. The van der Waals surface area contributed by atoms with Gasteiger partial charge in [-0.1, -0.05) is 34.8 Å². The molecule has 0 saturated carbocycles. The molecule has 0 unspecified atom stereocenters. The standard InChI is InChI=1S/C22H17Cl3N6O4/c1-12-21(25)13(2)30(27-12)11-29-6-5-19(28-29)22(32)26-15-8-16(31(33)34)10-17(9-15)35-20-4-3-14(23)7-18(20)24/h3-10H,11H2,1-2H3,(H,26,32). The fourth-order valence-corrected chi connectivity index (χ4v) is 3.79. The molecule has 0 saturated heterocycles. The molecule has 0 fully saturated rings. The Morgan fingerprint density at radius 2 is 1.89 bits per heavy atom. The zero-order chi connectivity index (χ0) is 25.3. The number of hydrogen-bond donors (Lipinski definition) is 1. The maximum Gasteiger partial charge on any atom is 0.276 e. The van der Waals surface area contributed by atoms with Gasteiger partial charge < -0.3 is 10.1 Å². The van der Waals surface area contributed by atoms with Crippen LogP contribution in [0.15, 0.2) is 48.7 Å². The van der Waals surface area contributed by atoms with Gasteiger partial charge in [0.2, 0.25) is 0 Å². The van der Waals surface area contributed by atoms with E-state index in [1.54, 1.807) is 23.9 Å². The highest BCUT2D eigenvalue weighted by Gasteiger charge is 2.17. The number of rotatable bonds is 7. The Balaban J connectivity index is 1.53. The Bertz CT molecular complexity index is 1450. The molecule has 0 aliphatic carbocycles. The third-order valence-electron chi connectivity index (χ3n) is 4.93. The number of nitro benzene ring substituents is 1. The minimum Gasteiger partial charge on any atom is -0.455 e. The molecule has 0 radical (unpaired) electrons. The molecule has 4 aromatic rings. The van der Waals surface area contributed by atoms with E-state index in [0.717, 1.165) is 5.69 Å². The van der Waals surface area contributed by atoms with Gasteiger partial charge in [-0.25, -0.2) is 4.68 Å². The Morgan fingerprint density at radius 1 is 1.11 bits per heavy atom. The van der Waals surface area contributed by atoms with Crippen molar-refractivity contribution in [1.82, 2.24) is 19.6 Å². The van der Waals surface area contributed by atoms with E-state index in [9.17, 15) is 14.9 Å². The van der Waals surface area contributed by atoms with Gasteiger partial charge in [-0.15, -0.1) is 0 Å². The number of hydrogen-bond acceptors (Lipinski definition) is 6. The van der Waals surface area contributed by atoms with Crippen LogP contribution >= 0.6 is 34.8 Å². The van der Waals surface area contributed by atoms with E-state index in [0.29, 0.717) is 15.7 Å². The van der Waals surface area contributed by atoms with Crippen LogP contribution in [0.1, 0.15) is 21.9 Å². The number of aromatic nitrogens is 4. The minimum absolute atomic E-state index is 0.102. The van der Waals surface area contributed by atoms with Crippen LogP contribution in [0.5, 0.6) is 11.5 Å². The summed E-state index contributed by atoms with van der Waals surface area (Å²) in [5.74, 6) is -0.214. The molecule has 4 rings (SSSR count). The predicted octanol–water partition coefficient (Wildman–Crippen LogP) is 6.12. The highest BCUT2D eigenvalue weighted by atomic mass is 35.5. The van der Waals surface area contributed by atoms with Crippen LogP contribution < -0.4 is 10.1 Å². The molecule has 2 aromatic carbocycles. The molecule has 1 N–H and O–H groups in total. The van der Waals surface area contributed by atoms with Crippen LogP contribution in [0.2, 0.25) is 15.1 Å². The van der Waals surface area contributed by atoms with Crippen LogP contribution in [0.3, 0.4) is 0 Å². The smallest absolute Gasteiger partial charge is 0.276 e. The summed E-state index contributed by atoms with van der Waals surface area (Å²) in [4.78, 5) is 23.6. The number of benzene rings is 2. The first-order chi connectivity index (χ1) is 16.6. The van der Waals surface area contributed by atoms with E-state index in [1.807, 2.05) is 6.92 Å². The number of halogens is 3. The predicted molar refractivity (Wildman–Crippen MR) is 132 cm³/mol. The second-order valence-electron chi connectivity index (χ2n) is 7.47. The summed E-state index contributed by atoms with van der Waals surface area (Å²) in [6.07, 6.45) is 1.61. The van der Waals surface area contributed by atoms with E-state index in [1.165, 1.54) is 41.1 Å². The van der Waals surface area contributed by atoms with E-state index in [4.69, 9.17) is 39.5 Å². The third-order valence-corrected chi connectivity index (χ3v) is 6.00. The lowest BCUT2D eigenvalue weighted by Crippen LogP contribution is -2.16. The number of ether oxygens (including phenoxy) is 1. The van der Waals surface area contributed by atoms with Crippen molar-refractivity contribution in [1.29, 1.82) is 0 Å². The summed E-state index contributed by atoms with van der Waals surface area (Å²) in [7, 11) is 0. The quantitative estimate of drug-likeness (QED) is 0.225. The lowest BCUT2D eigenvalue weighted by atomic mass is 10.2. The lowest BCUT2D eigenvalue weighted by molar-refractivity contribution is -0.384. The number of non-ortho nitro benzene ring substituents is 1. The van der Waals surface area contributed by atoms with Crippen molar-refractivity contribution in [2.75, 3.05) is 5.32 Å². The topological polar surface area (TPSA) is 117 Å². The zero-order valence-corrected chi connectivity index (χ0v) is 20.6. The molecule has 2 aromatic heterocycles. The van der Waals surface area contributed by atoms with Crippen molar-refractivity contribution in [2.45, 2.75) is 20.5 Å². The summed E-state index contributed by atoms with van der Waals surface area (Å²) in [6, 6.07) is 9.96. The fourth-order valence-electron chi connectivity index (χ4n) is 3.21. The first-order valence-electron chi connectivity index (χ1n) is 10.1. The zero-order valence-electron chi connectivity index (χ0n) is 18.3. The van der Waals surface area contributed by atoms with Crippen molar-refractivity contribution in [3.05, 3.63) is 90.9 Å².